The first kappa shape index (κ1) is 19.8. The lowest BCUT2D eigenvalue weighted by Gasteiger charge is -2.40. The number of amides is 1. The van der Waals surface area contributed by atoms with E-state index in [1.807, 2.05) is 27.7 Å². The molecule has 2 rings (SSSR count). The number of likely N-dealkylation sites (N-methyl/N-ethyl adjacent to an activating group) is 1. The maximum Gasteiger partial charge on any atom is 0.410 e. The summed E-state index contributed by atoms with van der Waals surface area (Å²) < 4.78 is 11.1. The Hall–Kier alpha value is -1.54. The summed E-state index contributed by atoms with van der Waals surface area (Å²) in [6.07, 6.45) is -0.125. The lowest BCUT2D eigenvalue weighted by atomic mass is 10.1. The molecule has 144 valence electrons. The van der Waals surface area contributed by atoms with Crippen LogP contribution >= 0.6 is 0 Å². The van der Waals surface area contributed by atoms with Crippen LogP contribution in [0.5, 0.6) is 0 Å². The minimum Gasteiger partial charge on any atom is -0.444 e. The molecule has 8 heteroatoms. The Morgan fingerprint density at radius 1 is 1.32 bits per heavy atom. The molecule has 2 fully saturated rings. The molecule has 2 saturated heterocycles. The number of carbonyl (C=O) groups is 1. The summed E-state index contributed by atoms with van der Waals surface area (Å²) in [7, 11) is 2.10. The second-order valence-electron chi connectivity index (χ2n) is 7.70. The van der Waals surface area contributed by atoms with Crippen LogP contribution in [-0.4, -0.2) is 92.5 Å². The van der Waals surface area contributed by atoms with E-state index in [0.29, 0.717) is 19.6 Å². The van der Waals surface area contributed by atoms with Gasteiger partial charge in [0.1, 0.15) is 5.60 Å². The van der Waals surface area contributed by atoms with E-state index in [1.54, 1.807) is 4.90 Å². The van der Waals surface area contributed by atoms with E-state index in [-0.39, 0.29) is 18.2 Å². The minimum absolute atomic E-state index is 0.133. The number of rotatable bonds is 4. The van der Waals surface area contributed by atoms with Crippen molar-refractivity contribution in [1.29, 1.82) is 0 Å². The van der Waals surface area contributed by atoms with Crippen molar-refractivity contribution in [1.82, 2.24) is 20.4 Å². The van der Waals surface area contributed by atoms with E-state index in [0.717, 1.165) is 32.2 Å². The Morgan fingerprint density at radius 2 is 2.04 bits per heavy atom. The number of ether oxygens (including phenoxy) is 2. The van der Waals surface area contributed by atoms with Crippen molar-refractivity contribution in [2.24, 2.45) is 4.99 Å². The van der Waals surface area contributed by atoms with Crippen molar-refractivity contribution in [3.63, 3.8) is 0 Å². The summed E-state index contributed by atoms with van der Waals surface area (Å²) in [5.41, 5.74) is -0.459. The van der Waals surface area contributed by atoms with Crippen molar-refractivity contribution in [3.05, 3.63) is 0 Å². The first-order valence-corrected chi connectivity index (χ1v) is 9.09. The van der Waals surface area contributed by atoms with Gasteiger partial charge >= 0.3 is 6.09 Å². The Labute approximate surface area is 150 Å². The van der Waals surface area contributed by atoms with Crippen molar-refractivity contribution in [2.45, 2.75) is 45.4 Å². The van der Waals surface area contributed by atoms with Crippen LogP contribution in [0.15, 0.2) is 4.99 Å². The van der Waals surface area contributed by atoms with E-state index in [1.165, 1.54) is 0 Å². The smallest absolute Gasteiger partial charge is 0.410 e. The van der Waals surface area contributed by atoms with Gasteiger partial charge in [0.2, 0.25) is 0 Å². The maximum absolute atomic E-state index is 12.0. The fourth-order valence-electron chi connectivity index (χ4n) is 2.73. The van der Waals surface area contributed by atoms with Gasteiger partial charge in [-0.2, -0.15) is 0 Å². The topological polar surface area (TPSA) is 78.4 Å². The number of carbonyl (C=O) groups excluding carboxylic acids is 1. The number of likely N-dealkylation sites (tertiary alicyclic amines) is 1. The number of guanidine groups is 1. The highest BCUT2D eigenvalue weighted by atomic mass is 16.6. The predicted octanol–water partition coefficient (Wildman–Crippen LogP) is 0.491. The molecule has 0 aromatic heterocycles. The molecule has 0 aliphatic carbocycles. The zero-order chi connectivity index (χ0) is 18.4. The molecule has 0 spiro atoms. The van der Waals surface area contributed by atoms with Gasteiger partial charge in [-0.1, -0.05) is 0 Å². The third-order valence-corrected chi connectivity index (χ3v) is 4.01. The molecule has 2 heterocycles. The SMILES string of the molecule is CCNC(=NCC1CN(C)CCO1)NC1CN(C(=O)OC(C)(C)C)C1. The average molecular weight is 355 g/mol. The van der Waals surface area contributed by atoms with Crippen LogP contribution in [0.25, 0.3) is 0 Å². The van der Waals surface area contributed by atoms with E-state index in [4.69, 9.17) is 9.47 Å². The van der Waals surface area contributed by atoms with Crippen LogP contribution in [0.3, 0.4) is 0 Å². The summed E-state index contributed by atoms with van der Waals surface area (Å²) >= 11 is 0. The molecule has 1 atom stereocenters. The zero-order valence-corrected chi connectivity index (χ0v) is 16.2. The van der Waals surface area contributed by atoms with Gasteiger partial charge < -0.3 is 29.9 Å². The molecule has 0 aromatic rings. The van der Waals surface area contributed by atoms with Crippen LogP contribution in [0.1, 0.15) is 27.7 Å². The Kier molecular flexibility index (Phi) is 6.89. The van der Waals surface area contributed by atoms with E-state index in [2.05, 4.69) is 27.6 Å². The Bertz CT molecular complexity index is 471. The molecular formula is C17H33N5O3. The lowest BCUT2D eigenvalue weighted by molar-refractivity contribution is -0.0136. The molecule has 8 nitrogen and oxygen atoms in total. The summed E-state index contributed by atoms with van der Waals surface area (Å²) in [6, 6.07) is 0.195. The first-order chi connectivity index (χ1) is 11.8. The van der Waals surface area contributed by atoms with E-state index in [9.17, 15) is 4.79 Å². The van der Waals surface area contributed by atoms with Crippen LogP contribution in [0.2, 0.25) is 0 Å². The molecule has 0 aromatic carbocycles. The third kappa shape index (κ3) is 6.70. The summed E-state index contributed by atoms with van der Waals surface area (Å²) in [5, 5.41) is 6.62. The second kappa shape index (κ2) is 8.71. The standard InChI is InChI=1S/C17H33N5O3/c1-6-18-15(19-9-14-12-21(5)7-8-24-14)20-13-10-22(11-13)16(23)25-17(2,3)4/h13-14H,6-12H2,1-5H3,(H2,18,19,20). The average Bonchev–Trinajstić information content (AvgIpc) is 2.46. The number of hydrogen-bond acceptors (Lipinski definition) is 5. The normalized spacial score (nSPS) is 23.2. The molecule has 2 aliphatic rings. The quantitative estimate of drug-likeness (QED) is 0.565. The first-order valence-electron chi connectivity index (χ1n) is 9.09. The molecule has 0 radical (unpaired) electrons. The van der Waals surface area contributed by atoms with Gasteiger partial charge in [0.05, 0.1) is 25.3 Å². The molecule has 2 aliphatic heterocycles. The second-order valence-corrected chi connectivity index (χ2v) is 7.70. The third-order valence-electron chi connectivity index (χ3n) is 4.01. The summed E-state index contributed by atoms with van der Waals surface area (Å²) in [5.74, 6) is 0.771. The zero-order valence-electron chi connectivity index (χ0n) is 16.2. The lowest BCUT2D eigenvalue weighted by Crippen LogP contribution is -2.63. The Morgan fingerprint density at radius 3 is 2.64 bits per heavy atom. The van der Waals surface area contributed by atoms with Crippen molar-refractivity contribution >= 4 is 12.1 Å². The Balaban J connectivity index is 1.76. The fourth-order valence-corrected chi connectivity index (χ4v) is 2.73. The molecule has 0 bridgehead atoms. The molecular weight excluding hydrogens is 322 g/mol. The fraction of sp³-hybridized carbons (Fsp3) is 0.882. The summed E-state index contributed by atoms with van der Waals surface area (Å²) in [4.78, 5) is 20.6. The van der Waals surface area contributed by atoms with Crippen LogP contribution in [0.4, 0.5) is 4.79 Å². The number of nitrogens with zero attached hydrogens (tertiary/aromatic N) is 3. The van der Waals surface area contributed by atoms with Gasteiger partial charge in [0.15, 0.2) is 5.96 Å². The van der Waals surface area contributed by atoms with E-state index < -0.39 is 5.60 Å². The van der Waals surface area contributed by atoms with Gasteiger partial charge in [-0.15, -0.1) is 0 Å². The molecule has 2 N–H and O–H groups in total. The van der Waals surface area contributed by atoms with E-state index >= 15 is 0 Å². The van der Waals surface area contributed by atoms with Crippen molar-refractivity contribution in [3.8, 4) is 0 Å². The van der Waals surface area contributed by atoms with Gasteiger partial charge in [-0.25, -0.2) is 4.79 Å². The van der Waals surface area contributed by atoms with Crippen LogP contribution in [0, 0.1) is 0 Å². The summed E-state index contributed by atoms with van der Waals surface area (Å²) in [6.45, 7) is 13.0. The number of nitrogens with one attached hydrogen (secondary N) is 2. The van der Waals surface area contributed by atoms with Gasteiger partial charge in [0, 0.05) is 32.7 Å². The largest absolute Gasteiger partial charge is 0.444 e. The van der Waals surface area contributed by atoms with Crippen molar-refractivity contribution in [2.75, 3.05) is 52.9 Å². The molecule has 25 heavy (non-hydrogen) atoms. The van der Waals surface area contributed by atoms with Crippen molar-refractivity contribution < 1.29 is 14.3 Å². The van der Waals surface area contributed by atoms with Gasteiger partial charge in [-0.3, -0.25) is 4.99 Å². The predicted molar refractivity (Wildman–Crippen MR) is 97.9 cm³/mol. The minimum atomic E-state index is -0.459. The highest BCUT2D eigenvalue weighted by molar-refractivity contribution is 5.80. The van der Waals surface area contributed by atoms with Gasteiger partial charge in [-0.05, 0) is 34.7 Å². The maximum atomic E-state index is 12.0. The van der Waals surface area contributed by atoms with Crippen LogP contribution in [-0.2, 0) is 9.47 Å². The highest BCUT2D eigenvalue weighted by Gasteiger charge is 2.34. The monoisotopic (exact) mass is 355 g/mol. The number of morpholine rings is 1. The highest BCUT2D eigenvalue weighted by Crippen LogP contribution is 2.15. The number of hydrogen-bond donors (Lipinski definition) is 2. The van der Waals surface area contributed by atoms with Gasteiger partial charge in [0.25, 0.3) is 0 Å². The van der Waals surface area contributed by atoms with Crippen LogP contribution < -0.4 is 10.6 Å². The molecule has 1 amide bonds. The molecule has 1 unspecified atom stereocenters. The molecule has 0 saturated carbocycles. The number of aliphatic imine (C=N–C) groups is 1.